The van der Waals surface area contributed by atoms with Crippen LogP contribution >= 0.6 is 0 Å². The molecule has 4 nitrogen and oxygen atoms in total. The molecule has 16 heavy (non-hydrogen) atoms. The molecule has 90 valence electrons. The van der Waals surface area contributed by atoms with E-state index in [1.165, 1.54) is 0 Å². The number of hydrogen-bond acceptors (Lipinski definition) is 4. The van der Waals surface area contributed by atoms with Crippen LogP contribution in [0.25, 0.3) is 0 Å². The lowest BCUT2D eigenvalue weighted by molar-refractivity contribution is 0.329. The van der Waals surface area contributed by atoms with Crippen LogP contribution in [0.4, 0.5) is 5.69 Å². The second-order valence-corrected chi connectivity index (χ2v) is 3.40. The standard InChI is InChI=1S/C12H20N2O2/c1-3-15-11-8-10(14)12(16-4-2)7-9(11)5-6-13/h7-8H,3-6,13-14H2,1-2H3. The van der Waals surface area contributed by atoms with Crippen LogP contribution in [0, 0.1) is 0 Å². The van der Waals surface area contributed by atoms with Crippen LogP contribution < -0.4 is 20.9 Å². The van der Waals surface area contributed by atoms with Gasteiger partial charge in [0.05, 0.1) is 18.9 Å². The first-order valence-electron chi connectivity index (χ1n) is 5.60. The van der Waals surface area contributed by atoms with E-state index in [1.807, 2.05) is 19.9 Å². The van der Waals surface area contributed by atoms with Crippen molar-refractivity contribution in [3.8, 4) is 11.5 Å². The zero-order valence-corrected chi connectivity index (χ0v) is 9.95. The SMILES string of the molecule is CCOc1cc(CCN)c(OCC)cc1N. The Morgan fingerprint density at radius 1 is 1.06 bits per heavy atom. The third-order valence-electron chi connectivity index (χ3n) is 2.21. The zero-order chi connectivity index (χ0) is 12.0. The number of nitrogens with two attached hydrogens (primary N) is 2. The summed E-state index contributed by atoms with van der Waals surface area (Å²) in [5, 5.41) is 0. The Morgan fingerprint density at radius 2 is 1.69 bits per heavy atom. The maximum atomic E-state index is 5.87. The van der Waals surface area contributed by atoms with Crippen molar-refractivity contribution >= 4 is 5.69 Å². The highest BCUT2D eigenvalue weighted by molar-refractivity contribution is 5.59. The maximum absolute atomic E-state index is 5.87. The van der Waals surface area contributed by atoms with Crippen molar-refractivity contribution in [3.05, 3.63) is 17.7 Å². The summed E-state index contributed by atoms with van der Waals surface area (Å²) in [5.74, 6) is 1.50. The topological polar surface area (TPSA) is 70.5 Å². The van der Waals surface area contributed by atoms with Crippen LogP contribution in [-0.2, 0) is 6.42 Å². The van der Waals surface area contributed by atoms with Crippen molar-refractivity contribution in [2.24, 2.45) is 5.73 Å². The molecule has 0 saturated carbocycles. The Bertz CT molecular complexity index is 340. The molecule has 0 aliphatic rings. The normalized spacial score (nSPS) is 10.2. The van der Waals surface area contributed by atoms with Gasteiger partial charge in [-0.25, -0.2) is 0 Å². The fourth-order valence-corrected chi connectivity index (χ4v) is 1.54. The molecule has 1 rings (SSSR count). The van der Waals surface area contributed by atoms with Gasteiger partial charge < -0.3 is 20.9 Å². The summed E-state index contributed by atoms with van der Waals surface area (Å²) in [7, 11) is 0. The molecule has 0 aliphatic carbocycles. The highest BCUT2D eigenvalue weighted by Crippen LogP contribution is 2.31. The zero-order valence-electron chi connectivity index (χ0n) is 9.95. The van der Waals surface area contributed by atoms with Crippen LogP contribution in [0.3, 0.4) is 0 Å². The van der Waals surface area contributed by atoms with E-state index >= 15 is 0 Å². The summed E-state index contributed by atoms with van der Waals surface area (Å²) >= 11 is 0. The minimum absolute atomic E-state index is 0.579. The summed E-state index contributed by atoms with van der Waals surface area (Å²) in [6.07, 6.45) is 0.760. The summed E-state index contributed by atoms with van der Waals surface area (Å²) in [6.45, 7) is 5.66. The van der Waals surface area contributed by atoms with Crippen LogP contribution in [-0.4, -0.2) is 19.8 Å². The molecular formula is C12H20N2O2. The highest BCUT2D eigenvalue weighted by atomic mass is 16.5. The van der Waals surface area contributed by atoms with E-state index < -0.39 is 0 Å². The van der Waals surface area contributed by atoms with E-state index in [0.717, 1.165) is 17.7 Å². The Labute approximate surface area is 96.5 Å². The lowest BCUT2D eigenvalue weighted by Crippen LogP contribution is -2.07. The number of nitrogen functional groups attached to an aromatic ring is 1. The molecule has 1 aromatic rings. The second kappa shape index (κ2) is 6.23. The van der Waals surface area contributed by atoms with E-state index in [2.05, 4.69) is 0 Å². The van der Waals surface area contributed by atoms with E-state index in [0.29, 0.717) is 31.2 Å². The van der Waals surface area contributed by atoms with Gasteiger partial charge in [-0.2, -0.15) is 0 Å². The van der Waals surface area contributed by atoms with Crippen LogP contribution in [0.2, 0.25) is 0 Å². The van der Waals surface area contributed by atoms with Crippen molar-refractivity contribution in [3.63, 3.8) is 0 Å². The van der Waals surface area contributed by atoms with Crippen LogP contribution in [0.1, 0.15) is 19.4 Å². The van der Waals surface area contributed by atoms with Crippen LogP contribution in [0.15, 0.2) is 12.1 Å². The minimum atomic E-state index is 0.579. The van der Waals surface area contributed by atoms with Crippen molar-refractivity contribution in [2.75, 3.05) is 25.5 Å². The van der Waals surface area contributed by atoms with Gasteiger partial charge in [-0.15, -0.1) is 0 Å². The lowest BCUT2D eigenvalue weighted by atomic mass is 10.1. The van der Waals surface area contributed by atoms with Gasteiger partial charge in [-0.3, -0.25) is 0 Å². The number of rotatable bonds is 6. The predicted molar refractivity (Wildman–Crippen MR) is 66.0 cm³/mol. The van der Waals surface area contributed by atoms with E-state index in [1.54, 1.807) is 6.07 Å². The van der Waals surface area contributed by atoms with Gasteiger partial charge in [-0.05, 0) is 38.4 Å². The van der Waals surface area contributed by atoms with Crippen molar-refractivity contribution in [1.29, 1.82) is 0 Å². The first-order chi connectivity index (χ1) is 7.72. The average Bonchev–Trinajstić information content (AvgIpc) is 2.25. The number of anilines is 1. The molecule has 0 spiro atoms. The van der Waals surface area contributed by atoms with Gasteiger partial charge in [-0.1, -0.05) is 0 Å². The molecule has 1 aromatic carbocycles. The van der Waals surface area contributed by atoms with Crippen molar-refractivity contribution in [1.82, 2.24) is 0 Å². The number of benzene rings is 1. The molecule has 0 amide bonds. The van der Waals surface area contributed by atoms with Gasteiger partial charge in [0, 0.05) is 6.07 Å². The Balaban J connectivity index is 3.03. The molecule has 0 fully saturated rings. The van der Waals surface area contributed by atoms with E-state index in [9.17, 15) is 0 Å². The summed E-state index contributed by atoms with van der Waals surface area (Å²) in [5.41, 5.74) is 13.1. The molecule has 0 atom stereocenters. The van der Waals surface area contributed by atoms with Crippen LogP contribution in [0.5, 0.6) is 11.5 Å². The molecule has 0 bridgehead atoms. The third-order valence-corrected chi connectivity index (χ3v) is 2.21. The van der Waals surface area contributed by atoms with Gasteiger partial charge in [0.15, 0.2) is 0 Å². The third kappa shape index (κ3) is 3.03. The molecule has 0 saturated heterocycles. The molecular weight excluding hydrogens is 204 g/mol. The largest absolute Gasteiger partial charge is 0.494 e. The first kappa shape index (κ1) is 12.6. The Morgan fingerprint density at radius 3 is 2.25 bits per heavy atom. The number of ether oxygens (including phenoxy) is 2. The van der Waals surface area contributed by atoms with Crippen molar-refractivity contribution < 1.29 is 9.47 Å². The molecule has 4 N–H and O–H groups in total. The molecule has 0 unspecified atom stereocenters. The first-order valence-corrected chi connectivity index (χ1v) is 5.60. The van der Waals surface area contributed by atoms with Gasteiger partial charge in [0.2, 0.25) is 0 Å². The quantitative estimate of drug-likeness (QED) is 0.719. The van der Waals surface area contributed by atoms with Gasteiger partial charge in [0.1, 0.15) is 11.5 Å². The molecule has 0 aromatic heterocycles. The fraction of sp³-hybridized carbons (Fsp3) is 0.500. The molecule has 0 aliphatic heterocycles. The average molecular weight is 224 g/mol. The summed E-state index contributed by atoms with van der Waals surface area (Å²) < 4.78 is 10.9. The summed E-state index contributed by atoms with van der Waals surface area (Å²) in [6, 6.07) is 3.72. The lowest BCUT2D eigenvalue weighted by Gasteiger charge is -2.14. The Hall–Kier alpha value is -1.42. The van der Waals surface area contributed by atoms with Gasteiger partial charge >= 0.3 is 0 Å². The molecule has 0 radical (unpaired) electrons. The van der Waals surface area contributed by atoms with E-state index in [-0.39, 0.29) is 0 Å². The van der Waals surface area contributed by atoms with Crippen molar-refractivity contribution in [2.45, 2.75) is 20.3 Å². The monoisotopic (exact) mass is 224 g/mol. The van der Waals surface area contributed by atoms with E-state index in [4.69, 9.17) is 20.9 Å². The molecule has 0 heterocycles. The maximum Gasteiger partial charge on any atom is 0.142 e. The summed E-state index contributed by atoms with van der Waals surface area (Å²) in [4.78, 5) is 0. The number of hydrogen-bond donors (Lipinski definition) is 2. The smallest absolute Gasteiger partial charge is 0.142 e. The molecule has 4 heteroatoms. The Kier molecular flexibility index (Phi) is 4.92. The fourth-order valence-electron chi connectivity index (χ4n) is 1.54. The van der Waals surface area contributed by atoms with Gasteiger partial charge in [0.25, 0.3) is 0 Å². The minimum Gasteiger partial charge on any atom is -0.494 e. The second-order valence-electron chi connectivity index (χ2n) is 3.40. The highest BCUT2D eigenvalue weighted by Gasteiger charge is 2.09. The predicted octanol–water partition coefficient (Wildman–Crippen LogP) is 1.57.